The normalized spacial score (nSPS) is 24.1. The van der Waals surface area contributed by atoms with Crippen LogP contribution in [0.4, 0.5) is 10.1 Å². The number of halogens is 2. The lowest BCUT2D eigenvalue weighted by Gasteiger charge is -2.20. The van der Waals surface area contributed by atoms with Gasteiger partial charge in [-0.25, -0.2) is 4.39 Å². The molecule has 6 heteroatoms. The monoisotopic (exact) mass is 351 g/mol. The number of hydrogen-bond donors (Lipinski definition) is 1. The summed E-state index contributed by atoms with van der Waals surface area (Å²) in [6.07, 6.45) is -0.523. The second kappa shape index (κ2) is 5.28. The quantitative estimate of drug-likeness (QED) is 0.656. The van der Waals surface area contributed by atoms with Crippen molar-refractivity contribution in [3.05, 3.63) is 27.6 Å². The second-order valence-corrected chi connectivity index (χ2v) is 4.88. The minimum atomic E-state index is -0.758. The predicted molar refractivity (Wildman–Crippen MR) is 68.3 cm³/mol. The van der Waals surface area contributed by atoms with Crippen molar-refractivity contribution in [2.24, 2.45) is 0 Å². The molecule has 1 unspecified atom stereocenters. The summed E-state index contributed by atoms with van der Waals surface area (Å²) in [6.45, 7) is 0.216. The molecule has 0 saturated carbocycles. The lowest BCUT2D eigenvalue weighted by Crippen LogP contribution is -2.31. The molecule has 0 spiro atoms. The molecule has 1 N–H and O–H groups in total. The fourth-order valence-electron chi connectivity index (χ4n) is 1.76. The van der Waals surface area contributed by atoms with Crippen LogP contribution in [0, 0.1) is 9.39 Å². The average Bonchev–Trinajstić information content (AvgIpc) is 2.76. The van der Waals surface area contributed by atoms with E-state index in [2.05, 4.69) is 0 Å². The smallest absolute Gasteiger partial charge is 0.187 e. The predicted octanol–water partition coefficient (Wildman–Crippen LogP) is 1.15. The van der Waals surface area contributed by atoms with Crippen molar-refractivity contribution in [1.82, 2.24) is 0 Å². The van der Waals surface area contributed by atoms with Crippen molar-refractivity contribution in [3.8, 4) is 0 Å². The zero-order valence-corrected chi connectivity index (χ0v) is 11.0. The van der Waals surface area contributed by atoms with Crippen molar-refractivity contribution in [2.45, 2.75) is 12.3 Å². The topological polar surface area (TPSA) is 49.8 Å². The number of carbonyl (C=O) groups excluding carboxylic acids is 1. The molecular weight excluding hydrogens is 340 g/mol. The molecule has 1 heterocycles. The van der Waals surface area contributed by atoms with Crippen molar-refractivity contribution in [1.29, 1.82) is 0 Å². The van der Waals surface area contributed by atoms with Gasteiger partial charge in [-0.05, 0) is 40.8 Å². The molecular formula is C11H11FINO3. The first-order valence-corrected chi connectivity index (χ1v) is 6.17. The Hall–Kier alpha value is -0.730. The Morgan fingerprint density at radius 1 is 1.65 bits per heavy atom. The number of anilines is 1. The molecule has 1 aromatic rings. The number of ether oxygens (including phenoxy) is 1. The number of benzene rings is 1. The van der Waals surface area contributed by atoms with E-state index in [0.29, 0.717) is 22.1 Å². The number of nitrogens with zero attached hydrogens (tertiary/aromatic N) is 1. The van der Waals surface area contributed by atoms with Crippen LogP contribution in [0.15, 0.2) is 18.2 Å². The van der Waals surface area contributed by atoms with Crippen LogP contribution in [0.3, 0.4) is 0 Å². The lowest BCUT2D eigenvalue weighted by molar-refractivity contribution is -0.117. The van der Waals surface area contributed by atoms with Gasteiger partial charge >= 0.3 is 0 Å². The van der Waals surface area contributed by atoms with Gasteiger partial charge in [-0.1, -0.05) is 0 Å². The van der Waals surface area contributed by atoms with Crippen molar-refractivity contribution >= 4 is 34.6 Å². The molecule has 1 fully saturated rings. The third-order valence-corrected chi connectivity index (χ3v) is 3.47. The molecule has 17 heavy (non-hydrogen) atoms. The van der Waals surface area contributed by atoms with Gasteiger partial charge in [0.15, 0.2) is 12.5 Å². The van der Waals surface area contributed by atoms with E-state index in [1.165, 1.54) is 6.07 Å². The molecule has 0 aliphatic carbocycles. The summed E-state index contributed by atoms with van der Waals surface area (Å²) in [5.41, 5.74) is 0.580. The van der Waals surface area contributed by atoms with Crippen LogP contribution in [0.25, 0.3) is 0 Å². The lowest BCUT2D eigenvalue weighted by atomic mass is 10.2. The highest BCUT2D eigenvalue weighted by Gasteiger charge is 2.32. The van der Waals surface area contributed by atoms with Gasteiger partial charge in [0.05, 0.1) is 6.61 Å². The van der Waals surface area contributed by atoms with E-state index in [0.717, 1.165) is 0 Å². The van der Waals surface area contributed by atoms with Crippen LogP contribution in [0.2, 0.25) is 0 Å². The summed E-state index contributed by atoms with van der Waals surface area (Å²) in [5, 5.41) is 9.00. The first-order valence-electron chi connectivity index (χ1n) is 5.09. The molecule has 0 radical (unpaired) electrons. The van der Waals surface area contributed by atoms with Crippen molar-refractivity contribution < 1.29 is 19.0 Å². The molecule has 92 valence electrons. The largest absolute Gasteiger partial charge is 0.394 e. The number of aldehydes is 1. The van der Waals surface area contributed by atoms with Crippen LogP contribution < -0.4 is 4.90 Å². The minimum Gasteiger partial charge on any atom is -0.394 e. The average molecular weight is 351 g/mol. The van der Waals surface area contributed by atoms with Crippen LogP contribution in [0.5, 0.6) is 0 Å². The first-order chi connectivity index (χ1) is 8.15. The van der Waals surface area contributed by atoms with Gasteiger partial charge < -0.3 is 14.7 Å². The van der Waals surface area contributed by atoms with Crippen molar-refractivity contribution in [3.63, 3.8) is 0 Å². The Morgan fingerprint density at radius 3 is 3.00 bits per heavy atom. The maximum absolute atomic E-state index is 13.4. The zero-order chi connectivity index (χ0) is 12.4. The van der Waals surface area contributed by atoms with Crippen LogP contribution in [0.1, 0.15) is 0 Å². The molecule has 1 saturated heterocycles. The van der Waals surface area contributed by atoms with Gasteiger partial charge in [-0.15, -0.1) is 0 Å². The molecule has 0 bridgehead atoms. The van der Waals surface area contributed by atoms with Crippen molar-refractivity contribution in [2.75, 3.05) is 18.1 Å². The van der Waals surface area contributed by atoms with Gasteiger partial charge in [-0.2, -0.15) is 0 Å². The van der Waals surface area contributed by atoms with Crippen LogP contribution in [-0.2, 0) is 9.53 Å². The molecule has 1 aliphatic rings. The van der Waals surface area contributed by atoms with E-state index < -0.39 is 12.3 Å². The SMILES string of the molecule is O=CC1O[C@@H](CO)CN1c1ccc(I)c(F)c1. The standard InChI is InChI=1S/C11H11FINO3/c12-9-3-7(1-2-10(9)13)14-4-8(5-15)17-11(14)6-16/h1-3,6,8,11,15H,4-5H2/t8-,11?/m1/s1. The third-order valence-electron chi connectivity index (χ3n) is 2.59. The Balaban J connectivity index is 2.25. The minimum absolute atomic E-state index is 0.159. The number of aliphatic hydroxyl groups is 1. The number of rotatable bonds is 3. The Morgan fingerprint density at radius 2 is 2.41 bits per heavy atom. The van der Waals surface area contributed by atoms with E-state index >= 15 is 0 Å². The summed E-state index contributed by atoms with van der Waals surface area (Å²) in [4.78, 5) is 12.5. The molecule has 0 aromatic heterocycles. The Bertz CT molecular complexity index is 429. The van der Waals surface area contributed by atoms with Gasteiger partial charge in [0.1, 0.15) is 11.9 Å². The summed E-state index contributed by atoms with van der Waals surface area (Å²) in [7, 11) is 0. The van der Waals surface area contributed by atoms with E-state index in [9.17, 15) is 9.18 Å². The van der Waals surface area contributed by atoms with E-state index in [4.69, 9.17) is 9.84 Å². The molecule has 1 aromatic carbocycles. The molecule has 1 aliphatic heterocycles. The fraction of sp³-hybridized carbons (Fsp3) is 0.364. The second-order valence-electron chi connectivity index (χ2n) is 3.72. The number of aliphatic hydroxyl groups excluding tert-OH is 1. The maximum Gasteiger partial charge on any atom is 0.187 e. The van der Waals surface area contributed by atoms with E-state index in [-0.39, 0.29) is 12.4 Å². The fourth-order valence-corrected chi connectivity index (χ4v) is 2.09. The first kappa shape index (κ1) is 12.7. The van der Waals surface area contributed by atoms with Gasteiger partial charge in [0, 0.05) is 15.8 Å². The molecule has 4 nitrogen and oxygen atoms in total. The van der Waals surface area contributed by atoms with Gasteiger partial charge in [-0.3, -0.25) is 4.79 Å². The zero-order valence-electron chi connectivity index (χ0n) is 8.85. The summed E-state index contributed by atoms with van der Waals surface area (Å²) < 4.78 is 19.2. The highest BCUT2D eigenvalue weighted by molar-refractivity contribution is 14.1. The number of carbonyl (C=O) groups is 1. The molecule has 0 amide bonds. The number of hydrogen-bond acceptors (Lipinski definition) is 4. The van der Waals surface area contributed by atoms with Crippen LogP contribution in [-0.4, -0.2) is 36.9 Å². The molecule has 2 rings (SSSR count). The van der Waals surface area contributed by atoms with Gasteiger partial charge in [0.2, 0.25) is 0 Å². The maximum atomic E-state index is 13.4. The van der Waals surface area contributed by atoms with E-state index in [1.807, 2.05) is 22.6 Å². The highest BCUT2D eigenvalue weighted by atomic mass is 127. The van der Waals surface area contributed by atoms with Crippen LogP contribution >= 0.6 is 22.6 Å². The molecule has 2 atom stereocenters. The summed E-state index contributed by atoms with van der Waals surface area (Å²) in [6, 6.07) is 4.73. The third kappa shape index (κ3) is 2.58. The van der Waals surface area contributed by atoms with Gasteiger partial charge in [0.25, 0.3) is 0 Å². The van der Waals surface area contributed by atoms with E-state index in [1.54, 1.807) is 17.0 Å². The Labute approximate surface area is 112 Å². The Kier molecular flexibility index (Phi) is 3.95. The highest BCUT2D eigenvalue weighted by Crippen LogP contribution is 2.26. The summed E-state index contributed by atoms with van der Waals surface area (Å²) >= 11 is 1.90. The summed E-state index contributed by atoms with van der Waals surface area (Å²) in [5.74, 6) is -0.333.